The van der Waals surface area contributed by atoms with E-state index < -0.39 is 23.5 Å². The van der Waals surface area contributed by atoms with Gasteiger partial charge in [-0.25, -0.2) is 0 Å². The molecule has 0 radical (unpaired) electrons. The quantitative estimate of drug-likeness (QED) is 0.751. The van der Waals surface area contributed by atoms with E-state index in [1.807, 2.05) is 6.07 Å². The number of alkyl halides is 2. The molecule has 17 heavy (non-hydrogen) atoms. The van der Waals surface area contributed by atoms with Gasteiger partial charge in [-0.05, 0) is 18.4 Å². The minimum Gasteiger partial charge on any atom is -0.291 e. The third-order valence-corrected chi connectivity index (χ3v) is 3.22. The molecular formula is C13H11F2NO. The number of rotatable bonds is 1. The minimum atomic E-state index is -3.39. The van der Waals surface area contributed by atoms with Crippen LogP contribution in [0.15, 0.2) is 30.3 Å². The van der Waals surface area contributed by atoms with Crippen molar-refractivity contribution in [2.45, 2.75) is 30.6 Å². The highest BCUT2D eigenvalue weighted by Crippen LogP contribution is 2.43. The summed E-state index contributed by atoms with van der Waals surface area (Å²) in [5.41, 5.74) is -1.31. The van der Waals surface area contributed by atoms with E-state index in [4.69, 9.17) is 0 Å². The average molecular weight is 235 g/mol. The first kappa shape index (κ1) is 11.7. The second-order valence-electron chi connectivity index (χ2n) is 4.27. The molecule has 0 spiro atoms. The largest absolute Gasteiger partial charge is 0.307 e. The Morgan fingerprint density at radius 3 is 2.41 bits per heavy atom. The molecule has 1 saturated carbocycles. The monoisotopic (exact) mass is 235 g/mol. The van der Waals surface area contributed by atoms with E-state index in [9.17, 15) is 18.8 Å². The molecule has 0 bridgehead atoms. The van der Waals surface area contributed by atoms with Crippen LogP contribution in [0.3, 0.4) is 0 Å². The summed E-state index contributed by atoms with van der Waals surface area (Å²) < 4.78 is 26.9. The second kappa shape index (κ2) is 3.92. The average Bonchev–Trinajstić information content (AvgIpc) is 2.34. The first-order valence-electron chi connectivity index (χ1n) is 5.42. The summed E-state index contributed by atoms with van der Waals surface area (Å²) in [6, 6.07) is 9.94. The van der Waals surface area contributed by atoms with Gasteiger partial charge in [-0.2, -0.15) is 14.0 Å². The van der Waals surface area contributed by atoms with Crippen molar-refractivity contribution in [3.63, 3.8) is 0 Å². The van der Waals surface area contributed by atoms with Crippen molar-refractivity contribution in [3.05, 3.63) is 35.9 Å². The van der Waals surface area contributed by atoms with Crippen molar-refractivity contribution >= 4 is 5.78 Å². The molecule has 1 aliphatic rings. The molecule has 0 amide bonds. The van der Waals surface area contributed by atoms with Crippen molar-refractivity contribution in [2.24, 2.45) is 0 Å². The third-order valence-electron chi connectivity index (χ3n) is 3.22. The molecular weight excluding hydrogens is 224 g/mol. The molecule has 1 aromatic carbocycles. The summed E-state index contributed by atoms with van der Waals surface area (Å²) in [4.78, 5) is 11.8. The normalized spacial score (nSPS) is 27.5. The summed E-state index contributed by atoms with van der Waals surface area (Å²) in [7, 11) is 0. The van der Waals surface area contributed by atoms with Crippen molar-refractivity contribution in [1.29, 1.82) is 5.26 Å². The lowest BCUT2D eigenvalue weighted by Crippen LogP contribution is -2.49. The van der Waals surface area contributed by atoms with Gasteiger partial charge in [-0.15, -0.1) is 0 Å². The molecule has 0 aliphatic heterocycles. The smallest absolute Gasteiger partial charge is 0.291 e. The molecule has 88 valence electrons. The van der Waals surface area contributed by atoms with Crippen LogP contribution in [0.1, 0.15) is 24.8 Å². The van der Waals surface area contributed by atoms with Gasteiger partial charge in [0.05, 0.1) is 6.07 Å². The Hall–Kier alpha value is -1.76. The Labute approximate surface area is 97.9 Å². The molecule has 1 fully saturated rings. The molecule has 2 rings (SSSR count). The van der Waals surface area contributed by atoms with Crippen LogP contribution in [0, 0.1) is 11.3 Å². The molecule has 0 unspecified atom stereocenters. The van der Waals surface area contributed by atoms with Crippen LogP contribution in [0.2, 0.25) is 0 Å². The summed E-state index contributed by atoms with van der Waals surface area (Å²) in [5, 5.41) is 9.19. The molecule has 4 heteroatoms. The number of Topliss-reactive ketones (excluding diaryl/α,β-unsaturated/α-hetero) is 1. The Morgan fingerprint density at radius 1 is 1.18 bits per heavy atom. The molecule has 1 aromatic rings. The van der Waals surface area contributed by atoms with Crippen molar-refractivity contribution in [3.8, 4) is 6.07 Å². The lowest BCUT2D eigenvalue weighted by molar-refractivity contribution is -0.152. The van der Waals surface area contributed by atoms with Crippen LogP contribution < -0.4 is 0 Å². The van der Waals surface area contributed by atoms with E-state index in [1.54, 1.807) is 30.3 Å². The molecule has 0 N–H and O–H groups in total. The molecule has 0 heterocycles. The molecule has 0 aromatic heterocycles. The first-order chi connectivity index (χ1) is 8.03. The van der Waals surface area contributed by atoms with Crippen LogP contribution in [0.25, 0.3) is 0 Å². The second-order valence-corrected chi connectivity index (χ2v) is 4.27. The molecule has 2 nitrogen and oxygen atoms in total. The summed E-state index contributed by atoms with van der Waals surface area (Å²) in [5.74, 6) is -4.64. The van der Waals surface area contributed by atoms with E-state index in [0.717, 1.165) is 0 Å². The Kier molecular flexibility index (Phi) is 2.70. The lowest BCUT2D eigenvalue weighted by atomic mass is 9.68. The van der Waals surface area contributed by atoms with Gasteiger partial charge in [-0.1, -0.05) is 30.3 Å². The van der Waals surface area contributed by atoms with Crippen LogP contribution >= 0.6 is 0 Å². The van der Waals surface area contributed by atoms with Crippen LogP contribution in [-0.2, 0) is 10.2 Å². The maximum atomic E-state index is 13.5. The maximum Gasteiger partial charge on any atom is 0.307 e. The first-order valence-corrected chi connectivity index (χ1v) is 5.42. The Morgan fingerprint density at radius 2 is 1.82 bits per heavy atom. The summed E-state index contributed by atoms with van der Waals surface area (Å²) >= 11 is 0. The topological polar surface area (TPSA) is 40.9 Å². The highest BCUT2D eigenvalue weighted by atomic mass is 19.3. The molecule has 1 aliphatic carbocycles. The molecule has 1 atom stereocenters. The third kappa shape index (κ3) is 1.72. The van der Waals surface area contributed by atoms with Gasteiger partial charge >= 0.3 is 5.92 Å². The van der Waals surface area contributed by atoms with E-state index in [1.165, 1.54) is 0 Å². The fraction of sp³-hybridized carbons (Fsp3) is 0.385. The number of hydrogen-bond donors (Lipinski definition) is 0. The highest BCUT2D eigenvalue weighted by molar-refractivity contribution is 5.99. The summed E-state index contributed by atoms with van der Waals surface area (Å²) in [6.45, 7) is 0. The number of nitriles is 1. The van der Waals surface area contributed by atoms with Gasteiger partial charge in [0.2, 0.25) is 5.78 Å². The predicted octanol–water partition coefficient (Wildman–Crippen LogP) is 2.84. The highest BCUT2D eigenvalue weighted by Gasteiger charge is 2.56. The number of carbonyl (C=O) groups excluding carboxylic acids is 1. The number of halogens is 2. The Bertz CT molecular complexity index is 478. The van der Waals surface area contributed by atoms with Crippen LogP contribution in [0.4, 0.5) is 8.78 Å². The number of hydrogen-bond acceptors (Lipinski definition) is 2. The van der Waals surface area contributed by atoms with Gasteiger partial charge in [0.25, 0.3) is 0 Å². The number of ketones is 1. The van der Waals surface area contributed by atoms with Gasteiger partial charge in [-0.3, -0.25) is 4.79 Å². The van der Waals surface area contributed by atoms with Crippen LogP contribution in [0.5, 0.6) is 0 Å². The van der Waals surface area contributed by atoms with E-state index >= 15 is 0 Å². The van der Waals surface area contributed by atoms with Gasteiger partial charge < -0.3 is 0 Å². The van der Waals surface area contributed by atoms with Crippen molar-refractivity contribution in [1.82, 2.24) is 0 Å². The van der Waals surface area contributed by atoms with E-state index in [0.29, 0.717) is 5.56 Å². The van der Waals surface area contributed by atoms with E-state index in [-0.39, 0.29) is 12.8 Å². The molecule has 0 saturated heterocycles. The number of carbonyl (C=O) groups is 1. The fourth-order valence-electron chi connectivity index (χ4n) is 2.28. The predicted molar refractivity (Wildman–Crippen MR) is 57.5 cm³/mol. The van der Waals surface area contributed by atoms with E-state index in [2.05, 4.69) is 0 Å². The SMILES string of the molecule is N#C[C@@]1(c2ccccc2)CCCC(F)(F)C1=O. The summed E-state index contributed by atoms with van der Waals surface area (Å²) in [6.07, 6.45) is -0.106. The minimum absolute atomic E-state index is 0.169. The maximum absolute atomic E-state index is 13.5. The fourth-order valence-corrected chi connectivity index (χ4v) is 2.28. The number of benzene rings is 1. The van der Waals surface area contributed by atoms with Crippen molar-refractivity contribution < 1.29 is 13.6 Å². The Balaban J connectivity index is 2.53. The van der Waals surface area contributed by atoms with Gasteiger partial charge in [0, 0.05) is 6.42 Å². The number of nitrogens with zero attached hydrogens (tertiary/aromatic N) is 1. The lowest BCUT2D eigenvalue weighted by Gasteiger charge is -2.34. The zero-order valence-electron chi connectivity index (χ0n) is 9.12. The van der Waals surface area contributed by atoms with Crippen molar-refractivity contribution in [2.75, 3.05) is 0 Å². The van der Waals surface area contributed by atoms with Gasteiger partial charge in [0.15, 0.2) is 0 Å². The van der Waals surface area contributed by atoms with Gasteiger partial charge in [0.1, 0.15) is 5.41 Å². The standard InChI is InChI=1S/C13H11F2NO/c14-13(15)8-4-7-12(9-16,11(13)17)10-5-2-1-3-6-10/h1-3,5-6H,4,7-8H2/t12-/m1/s1. The zero-order valence-corrected chi connectivity index (χ0v) is 9.12. The van der Waals surface area contributed by atoms with Crippen LogP contribution in [-0.4, -0.2) is 11.7 Å². The zero-order chi connectivity index (χ0) is 12.5.